The number of carbonyl (C=O) groups excluding carboxylic acids is 1. The van der Waals surface area contributed by atoms with Crippen LogP contribution in [-0.2, 0) is 4.79 Å². The number of amides is 1. The monoisotopic (exact) mass is 253 g/mol. The lowest BCUT2D eigenvalue weighted by Crippen LogP contribution is -2.50. The molecule has 0 unspecified atom stereocenters. The van der Waals surface area contributed by atoms with Gasteiger partial charge in [0.05, 0.1) is 5.41 Å². The summed E-state index contributed by atoms with van der Waals surface area (Å²) in [4.78, 5) is 14.5. The van der Waals surface area contributed by atoms with Crippen LogP contribution in [0.15, 0.2) is 0 Å². The number of hydrogen-bond donors (Lipinski definition) is 2. The lowest BCUT2D eigenvalue weighted by molar-refractivity contribution is -0.135. The van der Waals surface area contributed by atoms with Crippen LogP contribution >= 0.6 is 0 Å². The van der Waals surface area contributed by atoms with E-state index in [1.807, 2.05) is 0 Å². The number of hydrogen-bond acceptors (Lipinski definition) is 3. The zero-order valence-corrected chi connectivity index (χ0v) is 11.4. The van der Waals surface area contributed by atoms with Crippen LogP contribution < -0.4 is 11.1 Å². The molecule has 0 atom stereocenters. The summed E-state index contributed by atoms with van der Waals surface area (Å²) in [5.74, 6) is 0.190. The van der Waals surface area contributed by atoms with Crippen LogP contribution in [0.5, 0.6) is 0 Å². The number of nitrogens with zero attached hydrogens (tertiary/aromatic N) is 1. The molecule has 0 radical (unpaired) electrons. The van der Waals surface area contributed by atoms with Crippen molar-refractivity contribution in [1.29, 1.82) is 0 Å². The Morgan fingerprint density at radius 3 is 2.44 bits per heavy atom. The largest absolute Gasteiger partial charge is 0.356 e. The number of rotatable bonds is 6. The molecule has 0 aromatic heterocycles. The molecule has 4 nitrogen and oxygen atoms in total. The highest BCUT2D eigenvalue weighted by Gasteiger charge is 2.42. The van der Waals surface area contributed by atoms with E-state index in [0.717, 1.165) is 38.8 Å². The Bertz CT molecular complexity index is 265. The van der Waals surface area contributed by atoms with Gasteiger partial charge in [0.1, 0.15) is 0 Å². The van der Waals surface area contributed by atoms with Crippen LogP contribution in [0, 0.1) is 5.41 Å². The second-order valence-electron chi connectivity index (χ2n) is 5.85. The summed E-state index contributed by atoms with van der Waals surface area (Å²) in [6.45, 7) is 4.90. The second kappa shape index (κ2) is 6.53. The van der Waals surface area contributed by atoms with Gasteiger partial charge in [-0.05, 0) is 51.7 Å². The fraction of sp³-hybridized carbons (Fsp3) is 0.929. The van der Waals surface area contributed by atoms with Gasteiger partial charge in [-0.1, -0.05) is 12.8 Å². The van der Waals surface area contributed by atoms with Gasteiger partial charge in [-0.3, -0.25) is 4.79 Å². The van der Waals surface area contributed by atoms with Crippen molar-refractivity contribution < 1.29 is 4.79 Å². The topological polar surface area (TPSA) is 58.4 Å². The van der Waals surface area contributed by atoms with E-state index in [-0.39, 0.29) is 11.3 Å². The van der Waals surface area contributed by atoms with Gasteiger partial charge in [-0.15, -0.1) is 0 Å². The summed E-state index contributed by atoms with van der Waals surface area (Å²) >= 11 is 0. The maximum absolute atomic E-state index is 12.0. The average molecular weight is 253 g/mol. The fourth-order valence-electron chi connectivity index (χ4n) is 3.00. The Morgan fingerprint density at radius 2 is 1.89 bits per heavy atom. The Balaban J connectivity index is 1.58. The van der Waals surface area contributed by atoms with Crippen molar-refractivity contribution in [3.05, 3.63) is 0 Å². The molecule has 1 amide bonds. The van der Waals surface area contributed by atoms with Gasteiger partial charge >= 0.3 is 0 Å². The predicted octanol–water partition coefficient (Wildman–Crippen LogP) is 1.11. The highest BCUT2D eigenvalue weighted by atomic mass is 16.2. The van der Waals surface area contributed by atoms with E-state index in [9.17, 15) is 4.79 Å². The average Bonchev–Trinajstić information content (AvgIpc) is 2.35. The molecule has 2 fully saturated rings. The fourth-order valence-corrected chi connectivity index (χ4v) is 3.00. The first kappa shape index (κ1) is 13.8. The van der Waals surface area contributed by atoms with Crippen molar-refractivity contribution in [3.63, 3.8) is 0 Å². The van der Waals surface area contributed by atoms with E-state index in [4.69, 9.17) is 5.73 Å². The Morgan fingerprint density at radius 1 is 1.17 bits per heavy atom. The first-order chi connectivity index (χ1) is 8.77. The summed E-state index contributed by atoms with van der Waals surface area (Å²) in [5.41, 5.74) is 5.50. The smallest absolute Gasteiger partial charge is 0.227 e. The van der Waals surface area contributed by atoms with Crippen LogP contribution in [0.2, 0.25) is 0 Å². The molecule has 3 N–H and O–H groups in total. The first-order valence-corrected chi connectivity index (χ1v) is 7.48. The molecule has 0 spiro atoms. The van der Waals surface area contributed by atoms with Crippen molar-refractivity contribution in [1.82, 2.24) is 10.2 Å². The van der Waals surface area contributed by atoms with Crippen LogP contribution in [0.4, 0.5) is 0 Å². The zero-order chi connectivity index (χ0) is 12.8. The molecule has 1 saturated carbocycles. The molecule has 1 aliphatic carbocycles. The zero-order valence-electron chi connectivity index (χ0n) is 11.4. The number of carbonyl (C=O) groups is 1. The Kier molecular flexibility index (Phi) is 5.01. The van der Waals surface area contributed by atoms with Gasteiger partial charge in [-0.25, -0.2) is 0 Å². The molecule has 2 aliphatic rings. The normalized spacial score (nSPS) is 23.4. The highest BCUT2D eigenvalue weighted by molar-refractivity contribution is 5.83. The molecule has 1 aliphatic heterocycles. The molecule has 4 heteroatoms. The third-order valence-corrected chi connectivity index (χ3v) is 4.57. The molecule has 0 aromatic carbocycles. The second-order valence-corrected chi connectivity index (χ2v) is 5.85. The molecule has 2 rings (SSSR count). The van der Waals surface area contributed by atoms with Crippen molar-refractivity contribution in [3.8, 4) is 0 Å². The Labute approximate surface area is 110 Å². The minimum atomic E-state index is -0.217. The van der Waals surface area contributed by atoms with Crippen LogP contribution in [0.25, 0.3) is 0 Å². The van der Waals surface area contributed by atoms with E-state index < -0.39 is 0 Å². The molecule has 0 aromatic rings. The van der Waals surface area contributed by atoms with E-state index >= 15 is 0 Å². The molecule has 18 heavy (non-hydrogen) atoms. The van der Waals surface area contributed by atoms with Gasteiger partial charge < -0.3 is 16.0 Å². The van der Waals surface area contributed by atoms with E-state index in [1.54, 1.807) is 0 Å². The quantitative estimate of drug-likeness (QED) is 0.697. The van der Waals surface area contributed by atoms with E-state index in [1.165, 1.54) is 32.4 Å². The van der Waals surface area contributed by atoms with Crippen molar-refractivity contribution in [2.45, 2.75) is 44.9 Å². The predicted molar refractivity (Wildman–Crippen MR) is 73.3 cm³/mol. The number of piperidine rings is 1. The SMILES string of the molecule is NCC1(C(=O)NCCCN2CCCCC2)CCC1. The number of likely N-dealkylation sites (tertiary alicyclic amines) is 1. The third kappa shape index (κ3) is 3.23. The van der Waals surface area contributed by atoms with E-state index in [2.05, 4.69) is 10.2 Å². The van der Waals surface area contributed by atoms with Gasteiger partial charge in [0.15, 0.2) is 0 Å². The molecule has 1 saturated heterocycles. The maximum Gasteiger partial charge on any atom is 0.227 e. The number of nitrogens with two attached hydrogens (primary N) is 1. The third-order valence-electron chi connectivity index (χ3n) is 4.57. The maximum atomic E-state index is 12.0. The standard InChI is InChI=1S/C14H27N3O/c15-12-14(6-4-7-14)13(18)16-8-5-11-17-9-2-1-3-10-17/h1-12,15H2,(H,16,18). The number of nitrogens with one attached hydrogen (secondary N) is 1. The molecular weight excluding hydrogens is 226 g/mol. The van der Waals surface area contributed by atoms with Crippen molar-refractivity contribution >= 4 is 5.91 Å². The van der Waals surface area contributed by atoms with Crippen LogP contribution in [0.1, 0.15) is 44.9 Å². The van der Waals surface area contributed by atoms with Gasteiger partial charge in [-0.2, -0.15) is 0 Å². The van der Waals surface area contributed by atoms with Crippen LogP contribution in [0.3, 0.4) is 0 Å². The molecule has 0 bridgehead atoms. The van der Waals surface area contributed by atoms with Crippen LogP contribution in [-0.4, -0.2) is 43.5 Å². The van der Waals surface area contributed by atoms with E-state index in [0.29, 0.717) is 6.54 Å². The molecular formula is C14H27N3O. The van der Waals surface area contributed by atoms with Crippen molar-refractivity contribution in [2.24, 2.45) is 11.1 Å². The first-order valence-electron chi connectivity index (χ1n) is 7.48. The van der Waals surface area contributed by atoms with Gasteiger partial charge in [0.2, 0.25) is 5.91 Å². The lowest BCUT2D eigenvalue weighted by atomic mass is 9.68. The summed E-state index contributed by atoms with van der Waals surface area (Å²) in [7, 11) is 0. The summed E-state index contributed by atoms with van der Waals surface area (Å²) < 4.78 is 0. The molecule has 1 heterocycles. The highest BCUT2D eigenvalue weighted by Crippen LogP contribution is 2.39. The summed E-state index contributed by atoms with van der Waals surface area (Å²) in [6, 6.07) is 0. The van der Waals surface area contributed by atoms with Gasteiger partial charge in [0.25, 0.3) is 0 Å². The van der Waals surface area contributed by atoms with Crippen molar-refractivity contribution in [2.75, 3.05) is 32.7 Å². The summed E-state index contributed by atoms with van der Waals surface area (Å²) in [6.07, 6.45) is 8.21. The van der Waals surface area contributed by atoms with Gasteiger partial charge in [0, 0.05) is 13.1 Å². The Hall–Kier alpha value is -0.610. The lowest BCUT2D eigenvalue weighted by Gasteiger charge is -2.39. The minimum Gasteiger partial charge on any atom is -0.356 e. The molecule has 104 valence electrons. The minimum absolute atomic E-state index is 0.190. The summed E-state index contributed by atoms with van der Waals surface area (Å²) in [5, 5.41) is 3.07.